The Morgan fingerprint density at radius 1 is 0.953 bits per heavy atom. The fourth-order valence-corrected chi connectivity index (χ4v) is 3.82. The van der Waals surface area contributed by atoms with Crippen LogP contribution in [-0.4, -0.2) is 50.3 Å². The van der Waals surface area contributed by atoms with E-state index in [1.165, 1.54) is 6.07 Å². The smallest absolute Gasteiger partial charge is 0.338 e. The van der Waals surface area contributed by atoms with Crippen molar-refractivity contribution in [2.75, 3.05) is 6.79 Å². The molecule has 0 bridgehead atoms. The first-order valence-electron chi connectivity index (χ1n) is 13.4. The van der Waals surface area contributed by atoms with E-state index in [4.69, 9.17) is 25.4 Å². The maximum absolute atomic E-state index is 12.6. The van der Waals surface area contributed by atoms with Crippen LogP contribution < -0.4 is 5.73 Å². The van der Waals surface area contributed by atoms with Crippen molar-refractivity contribution in [2.24, 2.45) is 11.1 Å². The minimum Gasteiger partial charge on any atom is -0.457 e. The van der Waals surface area contributed by atoms with Crippen molar-refractivity contribution in [3.8, 4) is 17.1 Å². The van der Waals surface area contributed by atoms with Crippen LogP contribution in [-0.2, 0) is 36.8 Å². The standard InChI is InChI=1S/C31H32N6O6/c1-31(2,3)30(40)43-19-42-27(38)14-10-22-16-37(18-34-22)26-13-12-25(35-36-26)23-11-9-21(15-24(23)28(32)33)29(39)41-17-20-7-5-4-6-8-20/h4-9,11-13,15-16,18H,10,14,17,19H2,1-3H3,(H3,32,33). The lowest BCUT2D eigenvalue weighted by Crippen LogP contribution is -2.24. The number of aromatic nitrogens is 4. The van der Waals surface area contributed by atoms with Crippen LogP contribution in [0.15, 0.2) is 73.2 Å². The lowest BCUT2D eigenvalue weighted by atomic mass is 9.98. The van der Waals surface area contributed by atoms with E-state index in [0.29, 0.717) is 34.8 Å². The lowest BCUT2D eigenvalue weighted by Gasteiger charge is -2.16. The fraction of sp³-hybridized carbons (Fsp3) is 0.258. The molecule has 4 rings (SSSR count). The van der Waals surface area contributed by atoms with E-state index in [2.05, 4.69) is 15.2 Å². The number of esters is 3. The predicted octanol–water partition coefficient (Wildman–Crippen LogP) is 3.99. The number of ether oxygens (including phenoxy) is 3. The van der Waals surface area contributed by atoms with Gasteiger partial charge in [0.05, 0.1) is 28.8 Å². The molecule has 0 spiro atoms. The van der Waals surface area contributed by atoms with Crippen molar-refractivity contribution in [3.63, 3.8) is 0 Å². The Morgan fingerprint density at radius 3 is 2.40 bits per heavy atom. The summed E-state index contributed by atoms with van der Waals surface area (Å²) in [6.07, 6.45) is 3.63. The van der Waals surface area contributed by atoms with Crippen LogP contribution in [0.5, 0.6) is 0 Å². The molecule has 0 amide bonds. The largest absolute Gasteiger partial charge is 0.457 e. The number of nitrogens with zero attached hydrogens (tertiary/aromatic N) is 4. The number of amidine groups is 1. The van der Waals surface area contributed by atoms with E-state index < -0.39 is 30.1 Å². The van der Waals surface area contributed by atoms with Gasteiger partial charge in [0, 0.05) is 23.7 Å². The number of hydrogen-bond acceptors (Lipinski definition) is 10. The van der Waals surface area contributed by atoms with Crippen molar-refractivity contribution in [1.82, 2.24) is 19.7 Å². The molecule has 2 aromatic heterocycles. The van der Waals surface area contributed by atoms with Crippen LogP contribution in [0.4, 0.5) is 0 Å². The minimum absolute atomic E-state index is 0.0539. The topological polar surface area (TPSA) is 172 Å². The quantitative estimate of drug-likeness (QED) is 0.114. The average Bonchev–Trinajstić information content (AvgIpc) is 3.48. The molecular weight excluding hydrogens is 552 g/mol. The van der Waals surface area contributed by atoms with E-state index in [0.717, 1.165) is 5.56 Å². The van der Waals surface area contributed by atoms with E-state index >= 15 is 0 Å². The van der Waals surface area contributed by atoms with Crippen molar-refractivity contribution in [3.05, 3.63) is 95.6 Å². The van der Waals surface area contributed by atoms with Crippen molar-refractivity contribution in [2.45, 2.75) is 40.2 Å². The highest BCUT2D eigenvalue weighted by Gasteiger charge is 2.23. The Kier molecular flexibility index (Phi) is 9.61. The number of rotatable bonds is 11. The summed E-state index contributed by atoms with van der Waals surface area (Å²) in [4.78, 5) is 40.7. The molecule has 12 heteroatoms. The summed E-state index contributed by atoms with van der Waals surface area (Å²) < 4.78 is 17.0. The molecule has 0 aliphatic carbocycles. The third-order valence-corrected chi connectivity index (χ3v) is 6.19. The van der Waals surface area contributed by atoms with Crippen LogP contribution in [0, 0.1) is 10.8 Å². The van der Waals surface area contributed by atoms with Crippen molar-refractivity contribution in [1.29, 1.82) is 5.41 Å². The van der Waals surface area contributed by atoms with E-state index in [-0.39, 0.29) is 24.4 Å². The van der Waals surface area contributed by atoms with Crippen molar-refractivity contribution < 1.29 is 28.6 Å². The molecule has 12 nitrogen and oxygen atoms in total. The molecule has 0 fully saturated rings. The SMILES string of the molecule is CC(C)(C)C(=O)OCOC(=O)CCc1cn(-c2ccc(-c3ccc(C(=O)OCc4ccccc4)cc3C(=N)N)nn2)cn1. The van der Waals surface area contributed by atoms with Gasteiger partial charge < -0.3 is 19.9 Å². The number of imidazole rings is 1. The number of carbonyl (C=O) groups excluding carboxylic acids is 3. The molecule has 0 aliphatic heterocycles. The average molecular weight is 585 g/mol. The van der Waals surface area contributed by atoms with Crippen LogP contribution in [0.2, 0.25) is 0 Å². The molecule has 0 unspecified atom stereocenters. The van der Waals surface area contributed by atoms with Gasteiger partial charge in [-0.25, -0.2) is 9.78 Å². The summed E-state index contributed by atoms with van der Waals surface area (Å²) in [5, 5.41) is 16.6. The molecule has 0 radical (unpaired) electrons. The van der Waals surface area contributed by atoms with E-state index in [1.807, 2.05) is 30.3 Å². The van der Waals surface area contributed by atoms with Gasteiger partial charge in [0.2, 0.25) is 6.79 Å². The monoisotopic (exact) mass is 584 g/mol. The summed E-state index contributed by atoms with van der Waals surface area (Å²) >= 11 is 0. The molecule has 0 saturated heterocycles. The number of nitrogen functional groups attached to an aromatic ring is 1. The van der Waals surface area contributed by atoms with Crippen LogP contribution >= 0.6 is 0 Å². The van der Waals surface area contributed by atoms with E-state index in [9.17, 15) is 14.4 Å². The number of carbonyl (C=O) groups is 3. The zero-order chi connectivity index (χ0) is 31.0. The minimum atomic E-state index is -0.681. The third-order valence-electron chi connectivity index (χ3n) is 6.19. The summed E-state index contributed by atoms with van der Waals surface area (Å²) in [5.41, 5.74) is 8.20. The van der Waals surface area contributed by atoms with Gasteiger partial charge in [0.1, 0.15) is 18.8 Å². The molecule has 43 heavy (non-hydrogen) atoms. The summed E-state index contributed by atoms with van der Waals surface area (Å²) in [6, 6.07) is 17.5. The van der Waals surface area contributed by atoms with Crippen LogP contribution in [0.25, 0.3) is 17.1 Å². The van der Waals surface area contributed by atoms with Crippen LogP contribution in [0.1, 0.15) is 54.4 Å². The molecule has 3 N–H and O–H groups in total. The molecule has 2 heterocycles. The molecular formula is C31H32N6O6. The molecule has 0 aliphatic rings. The zero-order valence-electron chi connectivity index (χ0n) is 24.1. The van der Waals surface area contributed by atoms with Gasteiger partial charge in [-0.05, 0) is 50.6 Å². The Bertz CT molecular complexity index is 1610. The van der Waals surface area contributed by atoms with Gasteiger partial charge in [-0.1, -0.05) is 36.4 Å². The second kappa shape index (κ2) is 13.5. The highest BCUT2D eigenvalue weighted by atomic mass is 16.7. The van der Waals surface area contributed by atoms with Gasteiger partial charge in [-0.2, -0.15) is 0 Å². The third kappa shape index (κ3) is 8.32. The van der Waals surface area contributed by atoms with Gasteiger partial charge in [0.25, 0.3) is 0 Å². The van der Waals surface area contributed by atoms with Gasteiger partial charge in [0.15, 0.2) is 5.82 Å². The Morgan fingerprint density at radius 2 is 1.72 bits per heavy atom. The number of benzene rings is 2. The number of hydrogen-bond donors (Lipinski definition) is 2. The molecule has 222 valence electrons. The highest BCUT2D eigenvalue weighted by molar-refractivity contribution is 6.03. The number of nitrogens with one attached hydrogen (secondary N) is 1. The highest BCUT2D eigenvalue weighted by Crippen LogP contribution is 2.24. The maximum Gasteiger partial charge on any atom is 0.338 e. The fourth-order valence-electron chi connectivity index (χ4n) is 3.82. The van der Waals surface area contributed by atoms with E-state index in [1.54, 1.807) is 62.1 Å². The number of nitrogens with two attached hydrogens (primary N) is 1. The summed E-state index contributed by atoms with van der Waals surface area (Å²) in [7, 11) is 0. The van der Waals surface area contributed by atoms with Gasteiger partial charge >= 0.3 is 17.9 Å². The normalized spacial score (nSPS) is 11.0. The summed E-state index contributed by atoms with van der Waals surface area (Å²) in [6.45, 7) is 4.82. The first-order chi connectivity index (χ1) is 20.5. The first kappa shape index (κ1) is 30.6. The Labute approximate surface area is 248 Å². The second-order valence-corrected chi connectivity index (χ2v) is 10.6. The Hall–Kier alpha value is -5.39. The Balaban J connectivity index is 1.36. The molecule has 2 aromatic carbocycles. The second-order valence-electron chi connectivity index (χ2n) is 10.6. The van der Waals surface area contributed by atoms with Crippen LogP contribution in [0.3, 0.4) is 0 Å². The molecule has 0 atom stereocenters. The zero-order valence-corrected chi connectivity index (χ0v) is 24.1. The number of aryl methyl sites for hydroxylation is 1. The van der Waals surface area contributed by atoms with Crippen molar-refractivity contribution >= 4 is 23.7 Å². The summed E-state index contributed by atoms with van der Waals surface area (Å²) in [5.74, 6) is -1.27. The first-order valence-corrected chi connectivity index (χ1v) is 13.4. The maximum atomic E-state index is 12.6. The molecule has 4 aromatic rings. The molecule has 0 saturated carbocycles. The lowest BCUT2D eigenvalue weighted by molar-refractivity contribution is -0.173. The van der Waals surface area contributed by atoms with Gasteiger partial charge in [-0.15, -0.1) is 10.2 Å². The van der Waals surface area contributed by atoms with Gasteiger partial charge in [-0.3, -0.25) is 19.6 Å². The predicted molar refractivity (Wildman–Crippen MR) is 156 cm³/mol.